The summed E-state index contributed by atoms with van der Waals surface area (Å²) >= 11 is 0. The highest BCUT2D eigenvalue weighted by Crippen LogP contribution is 2.33. The van der Waals surface area contributed by atoms with E-state index < -0.39 is 0 Å². The van der Waals surface area contributed by atoms with Crippen LogP contribution < -0.4 is 5.32 Å². The lowest BCUT2D eigenvalue weighted by atomic mass is 9.87. The highest BCUT2D eigenvalue weighted by Gasteiger charge is 2.24. The summed E-state index contributed by atoms with van der Waals surface area (Å²) in [7, 11) is 2.04. The largest absolute Gasteiger partial charge is 0.325 e. The van der Waals surface area contributed by atoms with Crippen LogP contribution in [0.15, 0.2) is 48.5 Å². The van der Waals surface area contributed by atoms with Gasteiger partial charge in [0.05, 0.1) is 6.54 Å². The summed E-state index contributed by atoms with van der Waals surface area (Å²) in [6.07, 6.45) is 3.45. The van der Waals surface area contributed by atoms with E-state index in [0.717, 1.165) is 18.5 Å². The number of amides is 1. The van der Waals surface area contributed by atoms with Crippen molar-refractivity contribution >= 4 is 11.6 Å². The number of hydrogen-bond acceptors (Lipinski definition) is 2. The Morgan fingerprint density at radius 3 is 2.70 bits per heavy atom. The predicted octanol–water partition coefficient (Wildman–Crippen LogP) is 3.94. The second-order valence-corrected chi connectivity index (χ2v) is 6.44. The SMILES string of the molecule is Cc1ccc(NC(=O)CN(C)[C@H]2CCCc3ccccc32)cc1. The van der Waals surface area contributed by atoms with Gasteiger partial charge in [-0.2, -0.15) is 0 Å². The van der Waals surface area contributed by atoms with Gasteiger partial charge in [0.25, 0.3) is 0 Å². The van der Waals surface area contributed by atoms with Crippen molar-refractivity contribution in [3.05, 3.63) is 65.2 Å². The number of rotatable bonds is 4. The molecule has 3 nitrogen and oxygen atoms in total. The predicted molar refractivity (Wildman–Crippen MR) is 94.6 cm³/mol. The Hall–Kier alpha value is -2.13. The molecule has 2 aromatic carbocycles. The first kappa shape index (κ1) is 15.8. The van der Waals surface area contributed by atoms with Crippen molar-refractivity contribution in [2.75, 3.05) is 18.9 Å². The maximum Gasteiger partial charge on any atom is 0.238 e. The molecule has 1 aliphatic rings. The van der Waals surface area contributed by atoms with E-state index in [1.54, 1.807) is 0 Å². The van der Waals surface area contributed by atoms with E-state index in [4.69, 9.17) is 0 Å². The zero-order valence-electron chi connectivity index (χ0n) is 13.9. The van der Waals surface area contributed by atoms with Gasteiger partial charge in [-0.15, -0.1) is 0 Å². The number of likely N-dealkylation sites (N-methyl/N-ethyl adjacent to an activating group) is 1. The Morgan fingerprint density at radius 1 is 1.17 bits per heavy atom. The fourth-order valence-corrected chi connectivity index (χ4v) is 3.36. The molecule has 1 amide bonds. The van der Waals surface area contributed by atoms with Crippen molar-refractivity contribution in [2.24, 2.45) is 0 Å². The van der Waals surface area contributed by atoms with Crippen molar-refractivity contribution in [2.45, 2.75) is 32.2 Å². The molecule has 3 rings (SSSR count). The van der Waals surface area contributed by atoms with Gasteiger partial charge in [0.1, 0.15) is 0 Å². The number of carbonyl (C=O) groups is 1. The number of nitrogens with one attached hydrogen (secondary N) is 1. The molecule has 23 heavy (non-hydrogen) atoms. The molecule has 3 heteroatoms. The third kappa shape index (κ3) is 3.80. The lowest BCUT2D eigenvalue weighted by Crippen LogP contribution is -2.34. The quantitative estimate of drug-likeness (QED) is 0.928. The van der Waals surface area contributed by atoms with Crippen LogP contribution in [0, 0.1) is 6.92 Å². The van der Waals surface area contributed by atoms with E-state index in [9.17, 15) is 4.79 Å². The van der Waals surface area contributed by atoms with Gasteiger partial charge in [-0.1, -0.05) is 42.0 Å². The standard InChI is InChI=1S/C20H24N2O/c1-15-10-12-17(13-11-15)21-20(23)14-22(2)19-9-5-7-16-6-3-4-8-18(16)19/h3-4,6,8,10-13,19H,5,7,9,14H2,1-2H3,(H,21,23)/t19-/m0/s1. The molecule has 1 aliphatic carbocycles. The lowest BCUT2D eigenvalue weighted by Gasteiger charge is -2.32. The number of anilines is 1. The normalized spacial score (nSPS) is 16.9. The van der Waals surface area contributed by atoms with E-state index in [0.29, 0.717) is 12.6 Å². The minimum absolute atomic E-state index is 0.0411. The van der Waals surface area contributed by atoms with Crippen molar-refractivity contribution < 1.29 is 4.79 Å². The molecule has 1 atom stereocenters. The minimum atomic E-state index is 0.0411. The fourth-order valence-electron chi connectivity index (χ4n) is 3.36. The molecule has 1 N–H and O–H groups in total. The minimum Gasteiger partial charge on any atom is -0.325 e. The molecule has 0 bridgehead atoms. The third-order valence-electron chi connectivity index (χ3n) is 4.60. The topological polar surface area (TPSA) is 32.3 Å². The Kier molecular flexibility index (Phi) is 4.77. The van der Waals surface area contributed by atoms with Crippen LogP contribution in [0.5, 0.6) is 0 Å². The maximum absolute atomic E-state index is 12.3. The number of carbonyl (C=O) groups excluding carboxylic acids is 1. The molecule has 0 heterocycles. The van der Waals surface area contributed by atoms with Crippen LogP contribution in [0.25, 0.3) is 0 Å². The van der Waals surface area contributed by atoms with Crippen molar-refractivity contribution in [1.82, 2.24) is 4.90 Å². The van der Waals surface area contributed by atoms with E-state index in [1.807, 2.05) is 38.2 Å². The molecular weight excluding hydrogens is 284 g/mol. The number of benzene rings is 2. The van der Waals surface area contributed by atoms with E-state index in [1.165, 1.54) is 23.1 Å². The van der Waals surface area contributed by atoms with Gasteiger partial charge in [-0.05, 0) is 56.5 Å². The highest BCUT2D eigenvalue weighted by atomic mass is 16.2. The first-order valence-corrected chi connectivity index (χ1v) is 8.28. The summed E-state index contributed by atoms with van der Waals surface area (Å²) in [5, 5.41) is 2.98. The van der Waals surface area contributed by atoms with Crippen LogP contribution in [0.3, 0.4) is 0 Å². The lowest BCUT2D eigenvalue weighted by molar-refractivity contribution is -0.117. The van der Waals surface area contributed by atoms with Crippen LogP contribution >= 0.6 is 0 Å². The molecule has 0 saturated heterocycles. The molecule has 0 radical (unpaired) electrons. The van der Waals surface area contributed by atoms with Crippen LogP contribution in [-0.2, 0) is 11.2 Å². The number of aryl methyl sites for hydroxylation is 2. The highest BCUT2D eigenvalue weighted by molar-refractivity contribution is 5.92. The van der Waals surface area contributed by atoms with Gasteiger partial charge in [0.15, 0.2) is 0 Å². The number of nitrogens with zero attached hydrogens (tertiary/aromatic N) is 1. The van der Waals surface area contributed by atoms with Gasteiger partial charge in [-0.3, -0.25) is 9.69 Å². The van der Waals surface area contributed by atoms with Gasteiger partial charge >= 0.3 is 0 Å². The summed E-state index contributed by atoms with van der Waals surface area (Å²) in [6.45, 7) is 2.45. The maximum atomic E-state index is 12.3. The zero-order valence-corrected chi connectivity index (χ0v) is 13.9. The molecule has 0 aromatic heterocycles. The summed E-state index contributed by atoms with van der Waals surface area (Å²) in [5.74, 6) is 0.0411. The number of hydrogen-bond donors (Lipinski definition) is 1. The van der Waals surface area contributed by atoms with Gasteiger partial charge in [-0.25, -0.2) is 0 Å². The second-order valence-electron chi connectivity index (χ2n) is 6.44. The molecular formula is C20H24N2O. The molecule has 0 spiro atoms. The monoisotopic (exact) mass is 308 g/mol. The van der Waals surface area contributed by atoms with Gasteiger partial charge in [0.2, 0.25) is 5.91 Å². The first-order valence-electron chi connectivity index (χ1n) is 8.28. The average molecular weight is 308 g/mol. The molecule has 0 saturated carbocycles. The van der Waals surface area contributed by atoms with E-state index in [2.05, 4.69) is 34.5 Å². The van der Waals surface area contributed by atoms with Crippen LogP contribution in [-0.4, -0.2) is 24.4 Å². The molecule has 0 unspecified atom stereocenters. The van der Waals surface area contributed by atoms with Crippen LogP contribution in [0.2, 0.25) is 0 Å². The Labute approximate surface area is 138 Å². The second kappa shape index (κ2) is 6.97. The van der Waals surface area contributed by atoms with Gasteiger partial charge in [0, 0.05) is 11.7 Å². The Balaban J connectivity index is 1.64. The van der Waals surface area contributed by atoms with Crippen LogP contribution in [0.4, 0.5) is 5.69 Å². The average Bonchev–Trinajstić information content (AvgIpc) is 2.56. The number of fused-ring (bicyclic) bond motifs is 1. The first-order chi connectivity index (χ1) is 11.1. The van der Waals surface area contributed by atoms with Crippen molar-refractivity contribution in [3.8, 4) is 0 Å². The Bertz CT molecular complexity index is 678. The van der Waals surface area contributed by atoms with E-state index >= 15 is 0 Å². The molecule has 2 aromatic rings. The summed E-state index contributed by atoms with van der Waals surface area (Å²) in [4.78, 5) is 14.5. The van der Waals surface area contributed by atoms with Gasteiger partial charge < -0.3 is 5.32 Å². The van der Waals surface area contributed by atoms with E-state index in [-0.39, 0.29) is 5.91 Å². The molecule has 0 aliphatic heterocycles. The summed E-state index contributed by atoms with van der Waals surface area (Å²) in [5.41, 5.74) is 4.86. The van der Waals surface area contributed by atoms with Crippen molar-refractivity contribution in [1.29, 1.82) is 0 Å². The van der Waals surface area contributed by atoms with Crippen molar-refractivity contribution in [3.63, 3.8) is 0 Å². The van der Waals surface area contributed by atoms with Crippen LogP contribution in [0.1, 0.15) is 35.6 Å². The Morgan fingerprint density at radius 2 is 1.91 bits per heavy atom. The summed E-state index contributed by atoms with van der Waals surface area (Å²) < 4.78 is 0. The molecule has 120 valence electrons. The third-order valence-corrected chi connectivity index (χ3v) is 4.60. The molecule has 0 fully saturated rings. The zero-order chi connectivity index (χ0) is 16.2. The summed E-state index contributed by atoms with van der Waals surface area (Å²) in [6, 6.07) is 16.9. The smallest absolute Gasteiger partial charge is 0.238 e. The fraction of sp³-hybridized carbons (Fsp3) is 0.350.